The highest BCUT2D eigenvalue weighted by Crippen LogP contribution is 2.49. The van der Waals surface area contributed by atoms with E-state index in [1.54, 1.807) is 27.0 Å². The number of nitrogens with zero attached hydrogens (tertiary/aromatic N) is 2. The van der Waals surface area contributed by atoms with Crippen molar-refractivity contribution in [1.82, 2.24) is 15.1 Å². The summed E-state index contributed by atoms with van der Waals surface area (Å²) in [5.74, 6) is 0.639. The number of hydrogen-bond donors (Lipinski definition) is 1. The van der Waals surface area contributed by atoms with Gasteiger partial charge in [-0.1, -0.05) is 6.07 Å². The van der Waals surface area contributed by atoms with Gasteiger partial charge in [0.2, 0.25) is 0 Å². The van der Waals surface area contributed by atoms with Crippen LogP contribution >= 0.6 is 0 Å². The van der Waals surface area contributed by atoms with Gasteiger partial charge in [-0.2, -0.15) is 5.10 Å². The number of ether oxygens (including phenoxy) is 2. The fourth-order valence-electron chi connectivity index (χ4n) is 3.78. The van der Waals surface area contributed by atoms with Gasteiger partial charge in [-0.15, -0.1) is 0 Å². The van der Waals surface area contributed by atoms with Gasteiger partial charge in [0, 0.05) is 24.1 Å². The van der Waals surface area contributed by atoms with Crippen LogP contribution in [0.15, 0.2) is 24.4 Å². The van der Waals surface area contributed by atoms with Crippen molar-refractivity contribution in [2.75, 3.05) is 13.1 Å². The predicted octanol–water partition coefficient (Wildman–Crippen LogP) is 3.95. The number of aryl methyl sites for hydroxylation is 1. The van der Waals surface area contributed by atoms with E-state index in [2.05, 4.69) is 10.2 Å². The molecule has 144 valence electrons. The Labute approximate surface area is 157 Å². The van der Waals surface area contributed by atoms with Crippen molar-refractivity contribution in [3.05, 3.63) is 35.5 Å². The van der Waals surface area contributed by atoms with Gasteiger partial charge < -0.3 is 14.4 Å². The van der Waals surface area contributed by atoms with E-state index in [0.29, 0.717) is 24.3 Å². The van der Waals surface area contributed by atoms with Crippen LogP contribution in [0.25, 0.3) is 11.3 Å². The minimum atomic E-state index is -1.40. The number of nitrogens with one attached hydrogen (secondary N) is 1. The van der Waals surface area contributed by atoms with E-state index < -0.39 is 23.5 Å². The highest BCUT2D eigenvalue weighted by molar-refractivity contribution is 5.74. The first-order valence-electron chi connectivity index (χ1n) is 9.15. The molecule has 2 aliphatic rings. The second kappa shape index (κ2) is 5.97. The van der Waals surface area contributed by atoms with Gasteiger partial charge in [0.15, 0.2) is 11.8 Å². The summed E-state index contributed by atoms with van der Waals surface area (Å²) in [6.07, 6.45) is 0.0597. The fourth-order valence-corrected chi connectivity index (χ4v) is 3.78. The molecule has 0 saturated carbocycles. The Hall–Kier alpha value is -2.57. The minimum absolute atomic E-state index is 0.0827. The maximum atomic E-state index is 15.5. The lowest BCUT2D eigenvalue weighted by Gasteiger charge is -2.46. The molecule has 7 heteroatoms. The Morgan fingerprint density at radius 1 is 1.44 bits per heavy atom. The molecule has 1 amide bonds. The number of benzene rings is 1. The van der Waals surface area contributed by atoms with E-state index in [1.165, 1.54) is 4.90 Å². The smallest absolute Gasteiger partial charge is 0.410 e. The van der Waals surface area contributed by atoms with Crippen molar-refractivity contribution >= 4 is 6.09 Å². The number of rotatable bonds is 0. The lowest BCUT2D eigenvalue weighted by molar-refractivity contribution is -0.0745. The summed E-state index contributed by atoms with van der Waals surface area (Å²) in [6, 6.07) is 5.86. The van der Waals surface area contributed by atoms with Gasteiger partial charge in [0.05, 0.1) is 18.4 Å². The summed E-state index contributed by atoms with van der Waals surface area (Å²) in [4.78, 5) is 13.8. The number of alkyl halides is 1. The van der Waals surface area contributed by atoms with E-state index in [0.717, 1.165) is 16.8 Å². The van der Waals surface area contributed by atoms with Gasteiger partial charge in [0.1, 0.15) is 11.4 Å². The number of likely N-dealkylation sites (tertiary alicyclic amines) is 1. The van der Waals surface area contributed by atoms with Gasteiger partial charge in [-0.05, 0) is 45.4 Å². The largest absolute Gasteiger partial charge is 0.478 e. The first-order valence-corrected chi connectivity index (χ1v) is 9.15. The molecule has 2 atom stereocenters. The molecule has 1 fully saturated rings. The molecule has 1 aromatic carbocycles. The number of amides is 1. The fraction of sp³-hybridized carbons (Fsp3) is 0.500. The van der Waals surface area contributed by atoms with Crippen LogP contribution in [0.4, 0.5) is 9.18 Å². The van der Waals surface area contributed by atoms with Crippen molar-refractivity contribution < 1.29 is 18.7 Å². The molecule has 0 aliphatic carbocycles. The zero-order valence-corrected chi connectivity index (χ0v) is 16.0. The number of carbonyl (C=O) groups excluding carboxylic acids is 1. The number of aromatic amines is 1. The van der Waals surface area contributed by atoms with Gasteiger partial charge in [0.25, 0.3) is 0 Å². The summed E-state index contributed by atoms with van der Waals surface area (Å²) >= 11 is 0. The van der Waals surface area contributed by atoms with Crippen molar-refractivity contribution in [2.45, 2.75) is 51.5 Å². The Morgan fingerprint density at radius 2 is 2.22 bits per heavy atom. The number of fused-ring (bicyclic) bond motifs is 4. The van der Waals surface area contributed by atoms with Crippen LogP contribution in [0.2, 0.25) is 0 Å². The zero-order chi connectivity index (χ0) is 19.4. The highest BCUT2D eigenvalue weighted by atomic mass is 19.1. The van der Waals surface area contributed by atoms with Gasteiger partial charge >= 0.3 is 6.09 Å². The Morgan fingerprint density at radius 3 is 2.93 bits per heavy atom. The quantitative estimate of drug-likeness (QED) is 0.759. The normalized spacial score (nSPS) is 24.2. The molecular weight excluding hydrogens is 349 g/mol. The van der Waals surface area contributed by atoms with Crippen LogP contribution in [-0.2, 0) is 10.3 Å². The number of aromatic nitrogens is 2. The molecule has 2 aliphatic heterocycles. The average molecular weight is 373 g/mol. The molecule has 1 spiro atoms. The lowest BCUT2D eigenvalue weighted by atomic mass is 9.79. The molecule has 1 N–H and O–H groups in total. The van der Waals surface area contributed by atoms with Crippen LogP contribution in [0.3, 0.4) is 0 Å². The molecular formula is C20H24FN3O3. The maximum absolute atomic E-state index is 15.5. The molecule has 27 heavy (non-hydrogen) atoms. The second-order valence-corrected chi connectivity index (χ2v) is 8.29. The summed E-state index contributed by atoms with van der Waals surface area (Å²) in [5.41, 5.74) is 1.63. The van der Waals surface area contributed by atoms with Crippen LogP contribution in [0, 0.1) is 6.92 Å². The number of piperidine rings is 1. The Balaban J connectivity index is 1.65. The third-order valence-electron chi connectivity index (χ3n) is 5.09. The summed E-state index contributed by atoms with van der Waals surface area (Å²) in [7, 11) is 0. The Bertz CT molecular complexity index is 889. The average Bonchev–Trinajstić information content (AvgIpc) is 3.06. The second-order valence-electron chi connectivity index (χ2n) is 8.29. The molecule has 4 rings (SSSR count). The van der Waals surface area contributed by atoms with Gasteiger partial charge in [-0.25, -0.2) is 9.18 Å². The molecule has 0 bridgehead atoms. The first kappa shape index (κ1) is 17.8. The predicted molar refractivity (Wildman–Crippen MR) is 98.4 cm³/mol. The van der Waals surface area contributed by atoms with Crippen LogP contribution in [0.5, 0.6) is 5.75 Å². The van der Waals surface area contributed by atoms with E-state index >= 15 is 4.39 Å². The van der Waals surface area contributed by atoms with E-state index in [1.807, 2.05) is 25.1 Å². The number of hydrogen-bond acceptors (Lipinski definition) is 4. The lowest BCUT2D eigenvalue weighted by Crippen LogP contribution is -2.57. The Kier molecular flexibility index (Phi) is 3.94. The monoisotopic (exact) mass is 373 g/mol. The molecule has 1 aromatic heterocycles. The molecule has 0 radical (unpaired) electrons. The third-order valence-corrected chi connectivity index (χ3v) is 5.09. The third kappa shape index (κ3) is 2.95. The topological polar surface area (TPSA) is 67.4 Å². The molecule has 1 saturated heterocycles. The van der Waals surface area contributed by atoms with Crippen molar-refractivity contribution in [3.8, 4) is 17.0 Å². The molecule has 6 nitrogen and oxygen atoms in total. The molecule has 0 unspecified atom stereocenters. The number of halogens is 1. The zero-order valence-electron chi connectivity index (χ0n) is 16.0. The van der Waals surface area contributed by atoms with E-state index in [4.69, 9.17) is 9.47 Å². The summed E-state index contributed by atoms with van der Waals surface area (Å²) in [5, 5.41) is 7.12. The van der Waals surface area contributed by atoms with Crippen molar-refractivity contribution in [1.29, 1.82) is 0 Å². The summed E-state index contributed by atoms with van der Waals surface area (Å²) in [6.45, 7) is 7.62. The molecule has 3 heterocycles. The van der Waals surface area contributed by atoms with Crippen LogP contribution < -0.4 is 4.74 Å². The van der Waals surface area contributed by atoms with E-state index in [9.17, 15) is 4.79 Å². The standard InChI is InChI=1S/C20H24FN3O3/c1-12-5-6-13-15(9-12)26-20(14-10-22-23-17(13)14)7-8-24(11-16(20)21)18(25)27-19(2,3)4/h5-6,9-10,16H,7-8,11H2,1-4H3,(H,22,23)/t16-,20+/m0/s1. The van der Waals surface area contributed by atoms with Crippen LogP contribution in [0.1, 0.15) is 38.3 Å². The van der Waals surface area contributed by atoms with Crippen molar-refractivity contribution in [3.63, 3.8) is 0 Å². The number of carbonyl (C=O) groups is 1. The summed E-state index contributed by atoms with van der Waals surface area (Å²) < 4.78 is 27.1. The molecule has 2 aromatic rings. The maximum Gasteiger partial charge on any atom is 0.410 e. The SMILES string of the molecule is Cc1ccc2c(c1)O[C@]1(CCN(C(=O)OC(C)(C)C)C[C@@H]1F)c1cn[nH]c1-2. The van der Waals surface area contributed by atoms with E-state index in [-0.39, 0.29) is 6.54 Å². The highest BCUT2D eigenvalue weighted by Gasteiger charge is 2.53. The van der Waals surface area contributed by atoms with Crippen LogP contribution in [-0.4, -0.2) is 46.1 Å². The minimum Gasteiger partial charge on any atom is -0.478 e. The van der Waals surface area contributed by atoms with Crippen molar-refractivity contribution in [2.24, 2.45) is 0 Å². The van der Waals surface area contributed by atoms with Gasteiger partial charge in [-0.3, -0.25) is 5.10 Å². The number of H-pyrrole nitrogens is 1. The first-order chi connectivity index (χ1) is 12.7.